The van der Waals surface area contributed by atoms with Gasteiger partial charge in [-0.1, -0.05) is 171 Å². The van der Waals surface area contributed by atoms with Crippen molar-refractivity contribution in [3.63, 3.8) is 0 Å². The van der Waals surface area contributed by atoms with Gasteiger partial charge < -0.3 is 86.2 Å². The molecule has 14 unspecified atom stereocenters. The Hall–Kier alpha value is -13.4. The van der Waals surface area contributed by atoms with Gasteiger partial charge in [0.1, 0.15) is 84.0 Å². The molecule has 0 radical (unpaired) electrons. The lowest BCUT2D eigenvalue weighted by Crippen LogP contribution is -2.39. The van der Waals surface area contributed by atoms with Crippen LogP contribution in [0.15, 0.2) is 87.0 Å². The summed E-state index contributed by atoms with van der Waals surface area (Å²) in [4.78, 5) is 180. The first-order valence-corrected chi connectivity index (χ1v) is 50.0. The van der Waals surface area contributed by atoms with E-state index in [1.807, 2.05) is 135 Å². The summed E-state index contributed by atoms with van der Waals surface area (Å²) in [7, 11) is 0. The highest BCUT2D eigenvalue weighted by atomic mass is 16.6. The van der Waals surface area contributed by atoms with Gasteiger partial charge in [-0.25, -0.2) is 35.3 Å². The van der Waals surface area contributed by atoms with Crippen molar-refractivity contribution < 1.29 is 158 Å². The fourth-order valence-corrected chi connectivity index (χ4v) is 9.65. The number of benzene rings is 1. The van der Waals surface area contributed by atoms with Crippen LogP contribution >= 0.6 is 0 Å². The first-order valence-electron chi connectivity index (χ1n) is 50.0. The zero-order valence-corrected chi connectivity index (χ0v) is 91.0. The van der Waals surface area contributed by atoms with E-state index >= 15 is 0 Å². The number of amides is 1. The number of carbonyl (C=O) groups excluding carboxylic acids is 16. The molecule has 3 rings (SSSR count). The fourth-order valence-electron chi connectivity index (χ4n) is 9.65. The van der Waals surface area contributed by atoms with Crippen LogP contribution in [0.2, 0.25) is 0 Å². The molecule has 0 spiro atoms. The van der Waals surface area contributed by atoms with E-state index in [0.29, 0.717) is 48.7 Å². The Labute approximate surface area is 871 Å². The van der Waals surface area contributed by atoms with Crippen molar-refractivity contribution in [3.8, 4) is 30.0 Å². The molecule has 2 N–H and O–H groups in total. The zero-order valence-electron chi connectivity index (χ0n) is 91.0. The molecule has 0 bridgehead atoms. The van der Waals surface area contributed by atoms with E-state index in [9.17, 15) is 81.8 Å². The molecule has 147 heavy (non-hydrogen) atoms. The maximum absolute atomic E-state index is 11.7. The third kappa shape index (κ3) is 83.5. The second-order valence-corrected chi connectivity index (χ2v) is 33.7. The van der Waals surface area contributed by atoms with E-state index in [1.54, 1.807) is 65.8 Å². The van der Waals surface area contributed by atoms with Crippen LogP contribution in [-0.2, 0) is 143 Å². The molecule has 2 saturated carbocycles. The SMILES string of the molecule is C=C(C)C(=O)OCC1CCC(OC(=O)C(C)CC)CC1.C=CC(=O)OCC1CCC(OC(=O)C(C)CC)C(O)C1.C=CC(=O)OCCNC(=O)OCCOC(=O)C(C)CC.C=CC(=O)OCCOC(=O)C(C)CC.C=CC(=O)OCCOC(=O)C(C)CC.CCC(C)C(=O)OCCC#N.CCC(C)C(=O)OCCC#N.CCC(C)C(=O)OCCC#N.CCC(C)C(=O)Oc1ccc(C#N)cc1.[C-]#[N+]C(C)OC(=O)C(C)CC. The maximum atomic E-state index is 11.7. The van der Waals surface area contributed by atoms with E-state index in [4.69, 9.17) is 89.2 Å². The number of aliphatic hydroxyl groups is 1. The average molecular weight is 2080 g/mol. The van der Waals surface area contributed by atoms with Crippen molar-refractivity contribution in [2.45, 2.75) is 305 Å². The molecule has 828 valence electrons. The Morgan fingerprint density at radius 2 is 0.687 bits per heavy atom. The van der Waals surface area contributed by atoms with E-state index in [-0.39, 0.29) is 235 Å². The van der Waals surface area contributed by atoms with E-state index in [1.165, 1.54) is 0 Å². The zero-order chi connectivity index (χ0) is 114. The topological polar surface area (TPSA) is 553 Å². The van der Waals surface area contributed by atoms with Crippen LogP contribution in [0.3, 0.4) is 0 Å². The molecule has 0 aromatic heterocycles. The Balaban J connectivity index is -0.000000299. The average Bonchev–Trinajstić information content (AvgIpc) is 0.855. The van der Waals surface area contributed by atoms with Gasteiger partial charge >= 0.3 is 102 Å². The number of rotatable bonds is 51. The second-order valence-electron chi connectivity index (χ2n) is 33.7. The van der Waals surface area contributed by atoms with Crippen LogP contribution in [0.5, 0.6) is 5.75 Å². The summed E-state index contributed by atoms with van der Waals surface area (Å²) in [5.41, 5.74) is 0.986. The number of hydrogen-bond donors (Lipinski definition) is 2. The third-order valence-electron chi connectivity index (χ3n) is 21.6. The number of nitrogens with one attached hydrogen (secondary N) is 1. The number of nitriles is 4. The molecule has 2 fully saturated rings. The normalized spacial score (nSPS) is 15.6. The molecule has 39 nitrogen and oxygen atoms in total. The summed E-state index contributed by atoms with van der Waals surface area (Å²) in [5, 5.41) is 45.4. The smallest absolute Gasteiger partial charge is 0.407 e. The van der Waals surface area contributed by atoms with Gasteiger partial charge in [0.25, 0.3) is 0 Å². The molecule has 0 aliphatic heterocycles. The van der Waals surface area contributed by atoms with Gasteiger partial charge in [0.2, 0.25) is 0 Å². The van der Waals surface area contributed by atoms with Gasteiger partial charge in [-0.15, -0.1) is 0 Å². The predicted octanol–water partition coefficient (Wildman–Crippen LogP) is 17.5. The van der Waals surface area contributed by atoms with Gasteiger partial charge in [0, 0.05) is 29.9 Å². The van der Waals surface area contributed by atoms with Crippen molar-refractivity contribution in [3.05, 3.63) is 104 Å². The minimum absolute atomic E-state index is 0.0159. The van der Waals surface area contributed by atoms with E-state index in [2.05, 4.69) is 57.3 Å². The number of carbonyl (C=O) groups is 16. The van der Waals surface area contributed by atoms with Crippen LogP contribution < -0.4 is 10.1 Å². The monoisotopic (exact) mass is 2080 g/mol. The van der Waals surface area contributed by atoms with Crippen molar-refractivity contribution in [2.75, 3.05) is 85.8 Å². The molecular formula is C108H168N6O33. The van der Waals surface area contributed by atoms with Gasteiger partial charge in [-0.05, 0) is 152 Å². The molecule has 2 aliphatic carbocycles. The Bertz CT molecular complexity index is 4090. The Kier molecular flexibility index (Phi) is 95.9. The minimum atomic E-state index is -0.691. The predicted molar refractivity (Wildman–Crippen MR) is 545 cm³/mol. The van der Waals surface area contributed by atoms with Gasteiger partial charge in [-0.2, -0.15) is 21.0 Å². The van der Waals surface area contributed by atoms with Gasteiger partial charge in [0.15, 0.2) is 0 Å². The molecule has 14 atom stereocenters. The lowest BCUT2D eigenvalue weighted by atomic mass is 9.85. The molecule has 0 saturated heterocycles. The maximum Gasteiger partial charge on any atom is 0.407 e. The van der Waals surface area contributed by atoms with Crippen LogP contribution in [0.1, 0.15) is 286 Å². The van der Waals surface area contributed by atoms with Crippen molar-refractivity contribution in [1.29, 1.82) is 21.0 Å². The van der Waals surface area contributed by atoms with Crippen molar-refractivity contribution in [2.24, 2.45) is 71.0 Å². The highest BCUT2D eigenvalue weighted by Gasteiger charge is 2.34. The number of aliphatic hydroxyl groups excluding tert-OH is 1. The molecular weight excluding hydrogens is 1910 g/mol. The van der Waals surface area contributed by atoms with Crippen molar-refractivity contribution in [1.82, 2.24) is 5.32 Å². The summed E-state index contributed by atoms with van der Waals surface area (Å²) in [6.07, 6.45) is 15.7. The van der Waals surface area contributed by atoms with Crippen LogP contribution in [-0.4, -0.2) is 211 Å². The van der Waals surface area contributed by atoms with Gasteiger partial charge in [0.05, 0.1) is 141 Å². The van der Waals surface area contributed by atoms with E-state index in [0.717, 1.165) is 114 Å². The standard InChI is InChI=1S/C16H26O4.C15H24O5.C13H21NO6.C12H13NO2.2C10H16O4.4C8H13NO2/c1-5-12(4)16(18)20-14-8-6-13(7-9-14)10-19-15(17)11(2)3;1-4-10(3)15(18)20-13-7-6-11(8-12(13)16)9-19-14(17)5-2;1-4-10(3)12(16)19-8-9-20-13(17)14-6-7-18-11(15)5-2;1-3-9(2)12(14)15-11-6-4-10(8-13)5-7-11;2*1-4-8(3)10(12)14-7-6-13-9(11)5-2;1-5-6(2)8(10)11-7(3)9-4;3*1-3-7(2)8(10)11-6-4-5-9/h12-14H,2,5-10H2,1,3-4H3;5,10-13,16H,2,4,6-9H2,1,3H3;5,10H,2,4,6-9H2,1,3H3,(H,14,17);4-7,9H,3H2,1-2H3;2*5,8H,2,4,6-7H2,1,3H3;6-7H,5H2,1-3H3;3*7H,3-4,6H2,1-2H3. The Morgan fingerprint density at radius 3 is 1.01 bits per heavy atom. The molecule has 1 aromatic rings. The van der Waals surface area contributed by atoms with E-state index < -0.39 is 48.4 Å². The highest BCUT2D eigenvalue weighted by Crippen LogP contribution is 2.30. The molecule has 1 aromatic carbocycles. The summed E-state index contributed by atoms with van der Waals surface area (Å²) in [6, 6.07) is 14.2. The summed E-state index contributed by atoms with van der Waals surface area (Å²) < 4.78 is 78.4. The lowest BCUT2D eigenvalue weighted by Gasteiger charge is -2.32. The molecule has 1 amide bonds. The minimum Gasteiger partial charge on any atom is -0.464 e. The van der Waals surface area contributed by atoms with Gasteiger partial charge in [-0.3, -0.25) is 52.8 Å². The molecule has 2 aliphatic rings. The first kappa shape index (κ1) is 147. The number of ether oxygens (including phenoxy) is 16. The fraction of sp³-hybridized carbons (Fsp3) is 0.657. The molecule has 39 heteroatoms. The number of alkyl carbamates (subject to hydrolysis) is 1. The summed E-state index contributed by atoms with van der Waals surface area (Å²) in [6.45, 7) is 65.6. The third-order valence-corrected chi connectivity index (χ3v) is 21.6. The highest BCUT2D eigenvalue weighted by molar-refractivity contribution is 5.87. The number of esters is 15. The van der Waals surface area contributed by atoms with Crippen LogP contribution in [0.4, 0.5) is 4.79 Å². The second kappa shape index (κ2) is 96.1. The quantitative estimate of drug-likeness (QED) is 0.0153. The number of hydrogen-bond acceptors (Lipinski definition) is 37. The summed E-state index contributed by atoms with van der Waals surface area (Å²) in [5.74, 6) is -4.59. The number of nitrogens with zero attached hydrogens (tertiary/aromatic N) is 5. The first-order chi connectivity index (χ1) is 69.6. The van der Waals surface area contributed by atoms with Crippen LogP contribution in [0, 0.1) is 123 Å². The summed E-state index contributed by atoms with van der Waals surface area (Å²) >= 11 is 0. The van der Waals surface area contributed by atoms with Crippen molar-refractivity contribution >= 4 is 95.6 Å². The Morgan fingerprint density at radius 1 is 0.388 bits per heavy atom. The molecule has 0 heterocycles. The van der Waals surface area contributed by atoms with Crippen LogP contribution in [0.25, 0.3) is 4.85 Å². The largest absolute Gasteiger partial charge is 0.464 e. The lowest BCUT2D eigenvalue weighted by molar-refractivity contribution is -0.164.